The van der Waals surface area contributed by atoms with Crippen LogP contribution in [0.25, 0.3) is 0 Å². The maximum atomic E-state index is 12.5. The van der Waals surface area contributed by atoms with Gasteiger partial charge in [0.2, 0.25) is 0 Å². The molecule has 2 heterocycles. The lowest BCUT2D eigenvalue weighted by Gasteiger charge is -2.37. The number of hydrogen-bond acceptors (Lipinski definition) is 4. The lowest BCUT2D eigenvalue weighted by molar-refractivity contribution is 0.0783. The van der Waals surface area contributed by atoms with Gasteiger partial charge in [-0.05, 0) is 39.7 Å². The molecule has 0 radical (unpaired) electrons. The second-order valence-electron chi connectivity index (χ2n) is 4.34. The first kappa shape index (κ1) is 10.6. The van der Waals surface area contributed by atoms with Crippen molar-refractivity contribution in [3.63, 3.8) is 0 Å². The highest BCUT2D eigenvalue weighted by Gasteiger charge is 2.51. The average Bonchev–Trinajstić information content (AvgIpc) is 2.53. The zero-order valence-electron chi connectivity index (χ0n) is 8.78. The molecular formula is C9H18NO3P. The fourth-order valence-electron chi connectivity index (χ4n) is 2.03. The number of nitrogens with one attached hydrogen (secondary N) is 1. The second kappa shape index (κ2) is 3.60. The molecule has 0 bridgehead atoms. The Balaban J connectivity index is 2.17. The Hall–Kier alpha value is 0.110. The standard InChI is InChI=1S/C9H18NO3P/c1-8-4-7-12-14(11,13-8)9(2)5-3-6-10-9/h8,10H,3-7H2,1-2H3. The van der Waals surface area contributed by atoms with Crippen LogP contribution in [0.2, 0.25) is 0 Å². The Morgan fingerprint density at radius 1 is 1.57 bits per heavy atom. The summed E-state index contributed by atoms with van der Waals surface area (Å²) in [5, 5.41) is 2.79. The summed E-state index contributed by atoms with van der Waals surface area (Å²) in [4.78, 5) is 0. The molecule has 2 saturated heterocycles. The Labute approximate surface area is 84.9 Å². The number of hydrogen-bond donors (Lipinski definition) is 1. The van der Waals surface area contributed by atoms with Crippen molar-refractivity contribution < 1.29 is 13.6 Å². The average molecular weight is 219 g/mol. The summed E-state index contributed by atoms with van der Waals surface area (Å²) >= 11 is 0. The summed E-state index contributed by atoms with van der Waals surface area (Å²) in [6.07, 6.45) is 2.80. The lowest BCUT2D eigenvalue weighted by Crippen LogP contribution is -2.40. The molecule has 3 unspecified atom stereocenters. The van der Waals surface area contributed by atoms with Gasteiger partial charge in [0.1, 0.15) is 5.28 Å². The smallest absolute Gasteiger partial charge is 0.307 e. The molecule has 0 aromatic heterocycles. The molecule has 0 amide bonds. The van der Waals surface area contributed by atoms with Crippen LogP contribution in [-0.4, -0.2) is 24.5 Å². The topological polar surface area (TPSA) is 47.6 Å². The van der Waals surface area contributed by atoms with Crippen molar-refractivity contribution in [1.29, 1.82) is 0 Å². The summed E-state index contributed by atoms with van der Waals surface area (Å²) in [7, 11) is -2.94. The van der Waals surface area contributed by atoms with Gasteiger partial charge in [0.25, 0.3) is 0 Å². The predicted octanol–water partition coefficient (Wildman–Crippen LogP) is 2.10. The minimum Gasteiger partial charge on any atom is -0.307 e. The molecule has 1 N–H and O–H groups in total. The van der Waals surface area contributed by atoms with E-state index in [2.05, 4.69) is 5.32 Å². The first-order valence-corrected chi connectivity index (χ1v) is 6.78. The molecule has 2 fully saturated rings. The zero-order chi connectivity index (χ0) is 10.2. The maximum absolute atomic E-state index is 12.5. The molecule has 4 nitrogen and oxygen atoms in total. The van der Waals surface area contributed by atoms with Gasteiger partial charge in [0.05, 0.1) is 12.7 Å². The van der Waals surface area contributed by atoms with E-state index in [1.165, 1.54) is 0 Å². The monoisotopic (exact) mass is 219 g/mol. The normalized spacial score (nSPS) is 49.4. The van der Waals surface area contributed by atoms with Gasteiger partial charge in [0.15, 0.2) is 0 Å². The van der Waals surface area contributed by atoms with Crippen molar-refractivity contribution in [3.8, 4) is 0 Å². The largest absolute Gasteiger partial charge is 0.350 e. The van der Waals surface area contributed by atoms with Gasteiger partial charge < -0.3 is 14.4 Å². The van der Waals surface area contributed by atoms with Crippen molar-refractivity contribution in [2.45, 2.75) is 44.5 Å². The minimum atomic E-state index is -2.94. The van der Waals surface area contributed by atoms with Gasteiger partial charge in [-0.3, -0.25) is 4.57 Å². The molecule has 0 spiro atoms. The van der Waals surface area contributed by atoms with E-state index in [0.717, 1.165) is 25.8 Å². The van der Waals surface area contributed by atoms with Gasteiger partial charge in [-0.2, -0.15) is 0 Å². The van der Waals surface area contributed by atoms with Crippen LogP contribution in [0.4, 0.5) is 0 Å². The molecule has 0 aromatic rings. The van der Waals surface area contributed by atoms with Crippen LogP contribution in [0, 0.1) is 0 Å². The van der Waals surface area contributed by atoms with E-state index in [-0.39, 0.29) is 6.10 Å². The van der Waals surface area contributed by atoms with Crippen LogP contribution in [0.15, 0.2) is 0 Å². The van der Waals surface area contributed by atoms with E-state index < -0.39 is 12.9 Å². The fourth-order valence-corrected chi connectivity index (χ4v) is 4.27. The highest BCUT2D eigenvalue weighted by atomic mass is 31.2. The van der Waals surface area contributed by atoms with Crippen LogP contribution in [0.1, 0.15) is 33.1 Å². The third-order valence-electron chi connectivity index (χ3n) is 3.05. The van der Waals surface area contributed by atoms with Crippen LogP contribution >= 0.6 is 7.60 Å². The molecule has 2 rings (SSSR count). The molecule has 2 aliphatic heterocycles. The summed E-state index contributed by atoms with van der Waals surface area (Å²) in [6.45, 7) is 5.35. The quantitative estimate of drug-likeness (QED) is 0.686. The highest BCUT2D eigenvalue weighted by molar-refractivity contribution is 7.55. The number of rotatable bonds is 1. The van der Waals surface area contributed by atoms with E-state index in [1.807, 2.05) is 13.8 Å². The van der Waals surface area contributed by atoms with E-state index in [0.29, 0.717) is 6.61 Å². The van der Waals surface area contributed by atoms with Crippen LogP contribution in [0.5, 0.6) is 0 Å². The summed E-state index contributed by atoms with van der Waals surface area (Å²) in [5.41, 5.74) is 0. The van der Waals surface area contributed by atoms with E-state index in [1.54, 1.807) is 0 Å². The molecule has 3 atom stereocenters. The molecule has 0 aliphatic carbocycles. The third-order valence-corrected chi connectivity index (χ3v) is 5.81. The second-order valence-corrected chi connectivity index (χ2v) is 6.79. The fraction of sp³-hybridized carbons (Fsp3) is 1.00. The summed E-state index contributed by atoms with van der Waals surface area (Å²) in [6, 6.07) is 0. The van der Waals surface area contributed by atoms with Gasteiger partial charge in [-0.1, -0.05) is 0 Å². The van der Waals surface area contributed by atoms with Crippen molar-refractivity contribution in [2.24, 2.45) is 0 Å². The van der Waals surface area contributed by atoms with Crippen LogP contribution in [0.3, 0.4) is 0 Å². The highest BCUT2D eigenvalue weighted by Crippen LogP contribution is 2.63. The van der Waals surface area contributed by atoms with Crippen molar-refractivity contribution in [1.82, 2.24) is 5.32 Å². The summed E-state index contributed by atoms with van der Waals surface area (Å²) < 4.78 is 23.4. The molecule has 2 aliphatic rings. The van der Waals surface area contributed by atoms with E-state index in [4.69, 9.17) is 9.05 Å². The van der Waals surface area contributed by atoms with E-state index in [9.17, 15) is 4.57 Å². The lowest BCUT2D eigenvalue weighted by atomic mass is 10.2. The first-order chi connectivity index (χ1) is 6.56. The Bertz CT molecular complexity index is 263. The van der Waals surface area contributed by atoms with Crippen molar-refractivity contribution in [2.75, 3.05) is 13.2 Å². The SMILES string of the molecule is CC1CCOP(=O)(C2(C)CCCN2)O1. The van der Waals surface area contributed by atoms with Gasteiger partial charge in [-0.25, -0.2) is 0 Å². The van der Waals surface area contributed by atoms with Crippen molar-refractivity contribution >= 4 is 7.60 Å². The van der Waals surface area contributed by atoms with Gasteiger partial charge >= 0.3 is 7.60 Å². The molecule has 82 valence electrons. The first-order valence-electron chi connectivity index (χ1n) is 5.24. The molecule has 14 heavy (non-hydrogen) atoms. The predicted molar refractivity (Wildman–Crippen MR) is 54.4 cm³/mol. The maximum Gasteiger partial charge on any atom is 0.350 e. The Morgan fingerprint density at radius 2 is 2.36 bits per heavy atom. The van der Waals surface area contributed by atoms with Gasteiger partial charge in [-0.15, -0.1) is 0 Å². The van der Waals surface area contributed by atoms with Crippen LogP contribution < -0.4 is 5.32 Å². The molecule has 0 aromatic carbocycles. The summed E-state index contributed by atoms with van der Waals surface area (Å²) in [5.74, 6) is 0. The zero-order valence-corrected chi connectivity index (χ0v) is 9.68. The molecular weight excluding hydrogens is 201 g/mol. The molecule has 0 saturated carbocycles. The minimum absolute atomic E-state index is 0.0498. The van der Waals surface area contributed by atoms with Crippen LogP contribution in [-0.2, 0) is 13.6 Å². The Kier molecular flexibility index (Phi) is 2.73. The van der Waals surface area contributed by atoms with Gasteiger partial charge in [0, 0.05) is 0 Å². The molecule has 5 heteroatoms. The van der Waals surface area contributed by atoms with E-state index >= 15 is 0 Å². The van der Waals surface area contributed by atoms with Crippen molar-refractivity contribution in [3.05, 3.63) is 0 Å². The third kappa shape index (κ3) is 1.65. The Morgan fingerprint density at radius 3 is 2.93 bits per heavy atom.